The van der Waals surface area contributed by atoms with Crippen LogP contribution in [0.3, 0.4) is 0 Å². The first-order valence-electron chi connectivity index (χ1n) is 7.86. The maximum absolute atomic E-state index is 12.3. The Balaban J connectivity index is 1.54. The van der Waals surface area contributed by atoms with Crippen molar-refractivity contribution in [3.63, 3.8) is 0 Å². The molecule has 0 aliphatic carbocycles. The van der Waals surface area contributed by atoms with E-state index in [0.29, 0.717) is 23.5 Å². The number of rotatable bonds is 6. The Morgan fingerprint density at radius 3 is 2.60 bits per heavy atom. The number of carbonyl (C=O) groups is 2. The van der Waals surface area contributed by atoms with Gasteiger partial charge in [-0.25, -0.2) is 4.98 Å². The van der Waals surface area contributed by atoms with Crippen LogP contribution in [-0.2, 0) is 16.0 Å². The van der Waals surface area contributed by atoms with Crippen LogP contribution in [0, 0.1) is 0 Å². The predicted molar refractivity (Wildman–Crippen MR) is 96.4 cm³/mol. The molecule has 128 valence electrons. The van der Waals surface area contributed by atoms with E-state index in [2.05, 4.69) is 20.9 Å². The lowest BCUT2D eigenvalue weighted by atomic mass is 10.1. The predicted octanol–water partition coefficient (Wildman–Crippen LogP) is 4.34. The van der Waals surface area contributed by atoms with Gasteiger partial charge < -0.3 is 9.15 Å². The number of fused-ring (bicyclic) bond motifs is 1. The number of benzene rings is 2. The number of oxazole rings is 1. The molecule has 3 rings (SSSR count). The minimum Gasteiger partial charge on any atom is -0.454 e. The minimum absolute atomic E-state index is 0.102. The monoisotopic (exact) mass is 401 g/mol. The summed E-state index contributed by atoms with van der Waals surface area (Å²) in [4.78, 5) is 28.5. The van der Waals surface area contributed by atoms with E-state index in [-0.39, 0.29) is 12.2 Å². The van der Waals surface area contributed by atoms with Crippen molar-refractivity contribution in [2.45, 2.75) is 25.9 Å². The van der Waals surface area contributed by atoms with E-state index < -0.39 is 12.1 Å². The second-order valence-electron chi connectivity index (χ2n) is 5.58. The van der Waals surface area contributed by atoms with Gasteiger partial charge in [0.05, 0.1) is 6.42 Å². The summed E-state index contributed by atoms with van der Waals surface area (Å²) in [6.07, 6.45) is -0.408. The molecule has 0 unspecified atom stereocenters. The smallest absolute Gasteiger partial charge is 0.307 e. The number of esters is 1. The Kier molecular flexibility index (Phi) is 5.28. The van der Waals surface area contributed by atoms with Crippen molar-refractivity contribution < 1.29 is 18.7 Å². The number of carbonyl (C=O) groups excluding carboxylic acids is 2. The minimum atomic E-state index is -0.836. The molecule has 0 saturated carbocycles. The number of nitrogens with zero attached hydrogens (tertiary/aromatic N) is 1. The third-order valence-corrected chi connectivity index (χ3v) is 4.22. The lowest BCUT2D eigenvalue weighted by Gasteiger charge is -2.12. The van der Waals surface area contributed by atoms with Crippen molar-refractivity contribution in [2.75, 3.05) is 0 Å². The van der Waals surface area contributed by atoms with Gasteiger partial charge in [0.25, 0.3) is 0 Å². The zero-order chi connectivity index (χ0) is 17.8. The van der Waals surface area contributed by atoms with Crippen LogP contribution in [0.2, 0.25) is 0 Å². The van der Waals surface area contributed by atoms with E-state index >= 15 is 0 Å². The lowest BCUT2D eigenvalue weighted by molar-refractivity contribution is -0.146. The van der Waals surface area contributed by atoms with Gasteiger partial charge in [-0.1, -0.05) is 40.2 Å². The average Bonchev–Trinajstić information content (AvgIpc) is 3.03. The zero-order valence-corrected chi connectivity index (χ0v) is 15.2. The topological polar surface area (TPSA) is 69.4 Å². The molecule has 0 bridgehead atoms. The number of hydrogen-bond donors (Lipinski definition) is 0. The van der Waals surface area contributed by atoms with Gasteiger partial charge in [-0.2, -0.15) is 0 Å². The van der Waals surface area contributed by atoms with Crippen LogP contribution in [0.5, 0.6) is 0 Å². The number of Topliss-reactive ketones (excluding diaryl/α,β-unsaturated/α-hetero) is 1. The Morgan fingerprint density at radius 2 is 1.88 bits per heavy atom. The van der Waals surface area contributed by atoms with Crippen molar-refractivity contribution >= 4 is 38.8 Å². The first kappa shape index (κ1) is 17.4. The van der Waals surface area contributed by atoms with E-state index in [4.69, 9.17) is 9.15 Å². The number of ketones is 1. The number of para-hydroxylation sites is 2. The number of ether oxygens (including phenoxy) is 1. The Morgan fingerprint density at radius 1 is 1.16 bits per heavy atom. The number of hydrogen-bond acceptors (Lipinski definition) is 5. The van der Waals surface area contributed by atoms with Crippen LogP contribution in [0.4, 0.5) is 0 Å². The first-order chi connectivity index (χ1) is 12.0. The molecule has 1 heterocycles. The Labute approximate surface area is 153 Å². The largest absolute Gasteiger partial charge is 0.454 e. The fourth-order valence-corrected chi connectivity index (χ4v) is 2.66. The van der Waals surface area contributed by atoms with Crippen LogP contribution >= 0.6 is 15.9 Å². The highest BCUT2D eigenvalue weighted by Gasteiger charge is 2.20. The summed E-state index contributed by atoms with van der Waals surface area (Å²) in [5, 5.41) is 0. The molecule has 0 aliphatic rings. The summed E-state index contributed by atoms with van der Waals surface area (Å²) < 4.78 is 11.7. The number of halogens is 1. The van der Waals surface area contributed by atoms with E-state index in [1.165, 1.54) is 0 Å². The van der Waals surface area contributed by atoms with Crippen LogP contribution in [0.25, 0.3) is 11.1 Å². The summed E-state index contributed by atoms with van der Waals surface area (Å²) in [6, 6.07) is 14.3. The molecule has 5 nitrogen and oxygen atoms in total. The molecule has 0 saturated heterocycles. The molecule has 1 atom stereocenters. The Bertz CT molecular complexity index is 868. The SMILES string of the molecule is C[C@@H](OC(=O)CCc1nc2ccccc2o1)C(=O)c1ccc(Br)cc1. The maximum Gasteiger partial charge on any atom is 0.307 e. The maximum atomic E-state index is 12.3. The highest BCUT2D eigenvalue weighted by molar-refractivity contribution is 9.10. The third kappa shape index (κ3) is 4.33. The summed E-state index contributed by atoms with van der Waals surface area (Å²) in [5.41, 5.74) is 1.94. The van der Waals surface area contributed by atoms with E-state index in [1.807, 2.05) is 24.3 Å². The van der Waals surface area contributed by atoms with Crippen molar-refractivity contribution in [1.82, 2.24) is 4.98 Å². The van der Waals surface area contributed by atoms with Gasteiger partial charge in [0.2, 0.25) is 5.78 Å². The van der Waals surface area contributed by atoms with Gasteiger partial charge in [-0.05, 0) is 31.2 Å². The molecule has 3 aromatic rings. The molecule has 0 aliphatic heterocycles. The normalized spacial score (nSPS) is 12.1. The number of aryl methyl sites for hydroxylation is 1. The first-order valence-corrected chi connectivity index (χ1v) is 8.66. The van der Waals surface area contributed by atoms with Crippen LogP contribution in [0.1, 0.15) is 29.6 Å². The van der Waals surface area contributed by atoms with E-state index in [9.17, 15) is 9.59 Å². The van der Waals surface area contributed by atoms with Gasteiger partial charge in [-0.3, -0.25) is 9.59 Å². The van der Waals surface area contributed by atoms with Crippen molar-refractivity contribution in [3.05, 3.63) is 64.5 Å². The summed E-state index contributed by atoms with van der Waals surface area (Å²) in [6.45, 7) is 1.57. The van der Waals surface area contributed by atoms with Crippen LogP contribution < -0.4 is 0 Å². The highest BCUT2D eigenvalue weighted by Crippen LogP contribution is 2.16. The van der Waals surface area contributed by atoms with Gasteiger partial charge >= 0.3 is 5.97 Å². The zero-order valence-electron chi connectivity index (χ0n) is 13.6. The Hall–Kier alpha value is -2.47. The molecule has 25 heavy (non-hydrogen) atoms. The van der Waals surface area contributed by atoms with Crippen molar-refractivity contribution in [3.8, 4) is 0 Å². The third-order valence-electron chi connectivity index (χ3n) is 3.69. The van der Waals surface area contributed by atoms with Gasteiger partial charge in [0, 0.05) is 16.5 Å². The number of aromatic nitrogens is 1. The van der Waals surface area contributed by atoms with E-state index in [0.717, 1.165) is 9.99 Å². The molecule has 0 N–H and O–H groups in total. The fourth-order valence-electron chi connectivity index (χ4n) is 2.39. The van der Waals surface area contributed by atoms with Crippen molar-refractivity contribution in [1.29, 1.82) is 0 Å². The molecule has 6 heteroatoms. The van der Waals surface area contributed by atoms with Crippen LogP contribution in [-0.4, -0.2) is 22.8 Å². The van der Waals surface area contributed by atoms with Crippen molar-refractivity contribution in [2.24, 2.45) is 0 Å². The summed E-state index contributed by atoms with van der Waals surface area (Å²) in [7, 11) is 0. The molecule has 0 radical (unpaired) electrons. The average molecular weight is 402 g/mol. The van der Waals surface area contributed by atoms with Gasteiger partial charge in [-0.15, -0.1) is 0 Å². The molecular formula is C19H16BrNO4. The van der Waals surface area contributed by atoms with E-state index in [1.54, 1.807) is 31.2 Å². The molecule has 2 aromatic carbocycles. The molecular weight excluding hydrogens is 386 g/mol. The summed E-state index contributed by atoms with van der Waals surface area (Å²) >= 11 is 3.32. The molecule has 0 amide bonds. The molecule has 0 spiro atoms. The highest BCUT2D eigenvalue weighted by atomic mass is 79.9. The van der Waals surface area contributed by atoms with Crippen LogP contribution in [0.15, 0.2) is 57.4 Å². The van der Waals surface area contributed by atoms with Gasteiger partial charge in [0.1, 0.15) is 5.52 Å². The lowest BCUT2D eigenvalue weighted by Crippen LogP contribution is -2.24. The quantitative estimate of drug-likeness (QED) is 0.453. The standard InChI is InChI=1S/C19H16BrNO4/c1-12(19(23)13-6-8-14(20)9-7-13)24-18(22)11-10-17-21-15-4-2-3-5-16(15)25-17/h2-9,12H,10-11H2,1H3/t12-/m1/s1. The molecule has 1 aromatic heterocycles. The summed E-state index contributed by atoms with van der Waals surface area (Å²) in [5.74, 6) is -0.215. The fraction of sp³-hybridized carbons (Fsp3) is 0.211. The molecule has 0 fully saturated rings. The van der Waals surface area contributed by atoms with Gasteiger partial charge in [0.15, 0.2) is 17.6 Å². The second kappa shape index (κ2) is 7.61. The second-order valence-corrected chi connectivity index (χ2v) is 6.49.